The first kappa shape index (κ1) is 13.7. The van der Waals surface area contributed by atoms with Crippen molar-refractivity contribution in [3.05, 3.63) is 18.0 Å². The molecule has 20 heavy (non-hydrogen) atoms. The molecule has 0 aliphatic heterocycles. The summed E-state index contributed by atoms with van der Waals surface area (Å²) in [5, 5.41) is 0. The molecule has 1 fully saturated rings. The first-order valence-electron chi connectivity index (χ1n) is 7.19. The van der Waals surface area contributed by atoms with E-state index in [-0.39, 0.29) is 0 Å². The highest BCUT2D eigenvalue weighted by Gasteiger charge is 2.25. The van der Waals surface area contributed by atoms with Crippen molar-refractivity contribution in [1.29, 1.82) is 0 Å². The Morgan fingerprint density at radius 1 is 1.35 bits per heavy atom. The van der Waals surface area contributed by atoms with Gasteiger partial charge < -0.3 is 9.30 Å². The molecule has 0 aromatic carbocycles. The van der Waals surface area contributed by atoms with Crippen molar-refractivity contribution in [2.24, 2.45) is 11.8 Å². The van der Waals surface area contributed by atoms with Crippen LogP contribution in [0.5, 0.6) is 5.88 Å². The van der Waals surface area contributed by atoms with Gasteiger partial charge in [-0.3, -0.25) is 0 Å². The van der Waals surface area contributed by atoms with Gasteiger partial charge in [-0.15, -0.1) is 11.6 Å². The fraction of sp³-hybridized carbons (Fsp3) is 0.600. The van der Waals surface area contributed by atoms with E-state index >= 15 is 0 Å². The molecular formula is C15H20ClN3O. The molecule has 2 atom stereocenters. The molecule has 2 unspecified atom stereocenters. The summed E-state index contributed by atoms with van der Waals surface area (Å²) >= 11 is 6.06. The molecule has 0 radical (unpaired) electrons. The Morgan fingerprint density at radius 2 is 2.20 bits per heavy atom. The molecule has 0 spiro atoms. The highest BCUT2D eigenvalue weighted by atomic mass is 35.5. The molecule has 1 aliphatic rings. The summed E-state index contributed by atoms with van der Waals surface area (Å²) in [5.74, 6) is 3.41. The monoisotopic (exact) mass is 293 g/mol. The van der Waals surface area contributed by atoms with E-state index in [1.54, 1.807) is 7.11 Å². The smallest absolute Gasteiger partial charge is 0.215 e. The molecule has 0 saturated heterocycles. The Bertz CT molecular complexity index is 610. The van der Waals surface area contributed by atoms with Gasteiger partial charge in [0.15, 0.2) is 5.65 Å². The van der Waals surface area contributed by atoms with Crippen LogP contribution < -0.4 is 4.74 Å². The van der Waals surface area contributed by atoms with Gasteiger partial charge in [0.05, 0.1) is 13.0 Å². The predicted molar refractivity (Wildman–Crippen MR) is 80.1 cm³/mol. The zero-order valence-electron chi connectivity index (χ0n) is 12.0. The van der Waals surface area contributed by atoms with Gasteiger partial charge in [-0.2, -0.15) is 4.98 Å². The molecule has 108 valence electrons. The van der Waals surface area contributed by atoms with E-state index in [1.807, 2.05) is 12.1 Å². The quantitative estimate of drug-likeness (QED) is 0.808. The van der Waals surface area contributed by atoms with E-state index in [0.29, 0.717) is 17.7 Å². The lowest BCUT2D eigenvalue weighted by atomic mass is 9.98. The first-order chi connectivity index (χ1) is 9.72. The van der Waals surface area contributed by atoms with Crippen LogP contribution in [0.3, 0.4) is 0 Å². The second-order valence-corrected chi connectivity index (χ2v) is 5.90. The zero-order valence-corrected chi connectivity index (χ0v) is 12.7. The van der Waals surface area contributed by atoms with E-state index < -0.39 is 0 Å². The Morgan fingerprint density at radius 3 is 2.85 bits per heavy atom. The molecule has 2 aromatic rings. The third-order valence-corrected chi connectivity index (χ3v) is 4.67. The van der Waals surface area contributed by atoms with Gasteiger partial charge in [0.2, 0.25) is 5.88 Å². The topological polar surface area (TPSA) is 39.9 Å². The standard InChI is InChI=1S/C15H20ClN3O/c1-10-4-3-5-11(10)9-19-13(8-16)17-12-6-7-14(20-2)18-15(12)19/h6-7,10-11H,3-5,8-9H2,1-2H3. The normalized spacial score (nSPS) is 22.6. The van der Waals surface area contributed by atoms with Gasteiger partial charge in [-0.1, -0.05) is 19.8 Å². The molecule has 1 aliphatic carbocycles. The lowest BCUT2D eigenvalue weighted by Gasteiger charge is -2.17. The number of hydrogen-bond donors (Lipinski definition) is 0. The van der Waals surface area contributed by atoms with Crippen molar-refractivity contribution in [3.63, 3.8) is 0 Å². The van der Waals surface area contributed by atoms with E-state index in [4.69, 9.17) is 16.3 Å². The zero-order chi connectivity index (χ0) is 14.1. The van der Waals surface area contributed by atoms with Crippen LogP contribution in [0.1, 0.15) is 32.0 Å². The molecule has 0 N–H and O–H groups in total. The Hall–Kier alpha value is -1.29. The van der Waals surface area contributed by atoms with Crippen molar-refractivity contribution < 1.29 is 4.74 Å². The number of nitrogens with zero attached hydrogens (tertiary/aromatic N) is 3. The molecule has 2 aromatic heterocycles. The number of pyridine rings is 1. The third kappa shape index (κ3) is 2.37. The molecule has 0 amide bonds. The fourth-order valence-electron chi connectivity index (χ4n) is 3.17. The average Bonchev–Trinajstić information content (AvgIpc) is 3.03. The number of alkyl halides is 1. The largest absolute Gasteiger partial charge is 0.481 e. The number of hydrogen-bond acceptors (Lipinski definition) is 3. The fourth-order valence-corrected chi connectivity index (χ4v) is 3.37. The minimum atomic E-state index is 0.416. The summed E-state index contributed by atoms with van der Waals surface area (Å²) in [4.78, 5) is 9.14. The lowest BCUT2D eigenvalue weighted by Crippen LogP contribution is -2.15. The summed E-state index contributed by atoms with van der Waals surface area (Å²) in [5.41, 5.74) is 1.78. The van der Waals surface area contributed by atoms with Crippen molar-refractivity contribution in [3.8, 4) is 5.88 Å². The second-order valence-electron chi connectivity index (χ2n) is 5.64. The van der Waals surface area contributed by atoms with Crippen LogP contribution in [-0.4, -0.2) is 21.6 Å². The summed E-state index contributed by atoms with van der Waals surface area (Å²) < 4.78 is 7.40. The maximum Gasteiger partial charge on any atom is 0.215 e. The third-order valence-electron chi connectivity index (χ3n) is 4.43. The number of aromatic nitrogens is 3. The van der Waals surface area contributed by atoms with Crippen molar-refractivity contribution in [2.45, 2.75) is 38.6 Å². The second kappa shape index (κ2) is 5.60. The molecule has 2 heterocycles. The van der Waals surface area contributed by atoms with Gasteiger partial charge in [0, 0.05) is 12.6 Å². The van der Waals surface area contributed by atoms with Crippen LogP contribution in [0, 0.1) is 11.8 Å². The van der Waals surface area contributed by atoms with E-state index in [2.05, 4.69) is 21.5 Å². The van der Waals surface area contributed by atoms with Crippen LogP contribution in [-0.2, 0) is 12.4 Å². The Balaban J connectivity index is 2.01. The minimum Gasteiger partial charge on any atom is -0.481 e. The molecule has 4 nitrogen and oxygen atoms in total. The average molecular weight is 294 g/mol. The molecular weight excluding hydrogens is 274 g/mol. The minimum absolute atomic E-state index is 0.416. The molecule has 0 bridgehead atoms. The summed E-state index contributed by atoms with van der Waals surface area (Å²) in [6.45, 7) is 3.30. The van der Waals surface area contributed by atoms with Crippen molar-refractivity contribution in [1.82, 2.24) is 14.5 Å². The SMILES string of the molecule is COc1ccc2nc(CCl)n(CC3CCCC3C)c2n1. The van der Waals surface area contributed by atoms with Crippen LogP contribution in [0.2, 0.25) is 0 Å². The van der Waals surface area contributed by atoms with Crippen molar-refractivity contribution >= 4 is 22.8 Å². The highest BCUT2D eigenvalue weighted by Crippen LogP contribution is 2.33. The molecule has 5 heteroatoms. The van der Waals surface area contributed by atoms with Crippen LogP contribution >= 0.6 is 11.6 Å². The summed E-state index contributed by atoms with van der Waals surface area (Å²) in [6.07, 6.45) is 3.93. The summed E-state index contributed by atoms with van der Waals surface area (Å²) in [7, 11) is 1.64. The maximum absolute atomic E-state index is 6.06. The highest BCUT2D eigenvalue weighted by molar-refractivity contribution is 6.16. The van der Waals surface area contributed by atoms with Crippen LogP contribution in [0.25, 0.3) is 11.2 Å². The van der Waals surface area contributed by atoms with E-state index in [0.717, 1.165) is 29.5 Å². The van der Waals surface area contributed by atoms with Gasteiger partial charge in [-0.25, -0.2) is 4.98 Å². The number of rotatable bonds is 4. The Kier molecular flexibility index (Phi) is 3.83. The van der Waals surface area contributed by atoms with Gasteiger partial charge in [-0.05, 0) is 24.3 Å². The van der Waals surface area contributed by atoms with Crippen LogP contribution in [0.4, 0.5) is 0 Å². The molecule has 3 rings (SSSR count). The van der Waals surface area contributed by atoms with Gasteiger partial charge >= 0.3 is 0 Å². The number of ether oxygens (including phenoxy) is 1. The van der Waals surface area contributed by atoms with Crippen molar-refractivity contribution in [2.75, 3.05) is 7.11 Å². The predicted octanol–water partition coefficient (Wildman–Crippen LogP) is 3.61. The van der Waals surface area contributed by atoms with E-state index in [9.17, 15) is 0 Å². The number of fused-ring (bicyclic) bond motifs is 1. The van der Waals surface area contributed by atoms with Gasteiger partial charge in [0.25, 0.3) is 0 Å². The first-order valence-corrected chi connectivity index (χ1v) is 7.72. The molecule has 1 saturated carbocycles. The van der Waals surface area contributed by atoms with Gasteiger partial charge in [0.1, 0.15) is 11.3 Å². The van der Waals surface area contributed by atoms with Crippen LogP contribution in [0.15, 0.2) is 12.1 Å². The maximum atomic E-state index is 6.06. The lowest BCUT2D eigenvalue weighted by molar-refractivity contribution is 0.362. The summed E-state index contributed by atoms with van der Waals surface area (Å²) in [6, 6.07) is 3.79. The number of imidazole rings is 1. The van der Waals surface area contributed by atoms with E-state index in [1.165, 1.54) is 19.3 Å². The number of methoxy groups -OCH3 is 1. The number of halogens is 1. The Labute approximate surface area is 124 Å².